The van der Waals surface area contributed by atoms with Gasteiger partial charge in [0.05, 0.1) is 32.8 Å². The van der Waals surface area contributed by atoms with Crippen molar-refractivity contribution in [2.24, 2.45) is 0 Å². The topological polar surface area (TPSA) is 48.0 Å². The van der Waals surface area contributed by atoms with E-state index in [1.54, 1.807) is 14.2 Å². The Bertz CT molecular complexity index is 493. The van der Waals surface area contributed by atoms with E-state index in [0.29, 0.717) is 31.0 Å². The van der Waals surface area contributed by atoms with Gasteiger partial charge in [0.25, 0.3) is 0 Å². The minimum absolute atomic E-state index is 0.0862. The Morgan fingerprint density at radius 1 is 1.19 bits per heavy atom. The van der Waals surface area contributed by atoms with Crippen LogP contribution in [0.3, 0.4) is 0 Å². The van der Waals surface area contributed by atoms with Gasteiger partial charge in [-0.1, -0.05) is 6.07 Å². The molecule has 21 heavy (non-hydrogen) atoms. The number of nitrogens with zero attached hydrogens (tertiary/aromatic N) is 1. The molecule has 1 aromatic carbocycles. The zero-order valence-electron chi connectivity index (χ0n) is 13.1. The van der Waals surface area contributed by atoms with Crippen molar-refractivity contribution in [3.63, 3.8) is 0 Å². The summed E-state index contributed by atoms with van der Waals surface area (Å²) in [6, 6.07) is 5.57. The van der Waals surface area contributed by atoms with Crippen molar-refractivity contribution in [1.29, 1.82) is 0 Å². The lowest BCUT2D eigenvalue weighted by molar-refractivity contribution is -0.142. The third kappa shape index (κ3) is 3.88. The molecule has 0 radical (unpaired) electrons. The number of rotatable bonds is 4. The molecule has 2 atom stereocenters. The Morgan fingerprint density at radius 2 is 1.81 bits per heavy atom. The lowest BCUT2D eigenvalue weighted by Crippen LogP contribution is -2.48. The molecule has 1 aliphatic heterocycles. The summed E-state index contributed by atoms with van der Waals surface area (Å²) in [6.07, 6.45) is 0.533. The number of methoxy groups -OCH3 is 2. The van der Waals surface area contributed by atoms with Gasteiger partial charge in [0, 0.05) is 13.1 Å². The summed E-state index contributed by atoms with van der Waals surface area (Å²) in [5, 5.41) is 0. The molecule has 0 aromatic heterocycles. The minimum Gasteiger partial charge on any atom is -0.493 e. The first-order valence-corrected chi connectivity index (χ1v) is 7.17. The van der Waals surface area contributed by atoms with Gasteiger partial charge in [-0.2, -0.15) is 0 Å². The lowest BCUT2D eigenvalue weighted by atomic mass is 10.1. The second-order valence-corrected chi connectivity index (χ2v) is 5.42. The van der Waals surface area contributed by atoms with Gasteiger partial charge in [0.2, 0.25) is 5.91 Å². The first-order valence-electron chi connectivity index (χ1n) is 7.17. The van der Waals surface area contributed by atoms with Crippen LogP contribution in [0.25, 0.3) is 0 Å². The van der Waals surface area contributed by atoms with E-state index in [4.69, 9.17) is 14.2 Å². The predicted molar refractivity (Wildman–Crippen MR) is 79.8 cm³/mol. The van der Waals surface area contributed by atoms with Crippen molar-refractivity contribution in [2.75, 3.05) is 27.3 Å². The third-order valence-corrected chi connectivity index (χ3v) is 3.58. The Kier molecular flexibility index (Phi) is 5.07. The lowest BCUT2D eigenvalue weighted by Gasteiger charge is -2.35. The van der Waals surface area contributed by atoms with Crippen LogP contribution in [-0.2, 0) is 16.0 Å². The molecule has 1 aromatic rings. The van der Waals surface area contributed by atoms with Gasteiger partial charge < -0.3 is 19.1 Å². The van der Waals surface area contributed by atoms with Crippen LogP contribution in [0, 0.1) is 0 Å². The number of morpholine rings is 1. The van der Waals surface area contributed by atoms with Crippen molar-refractivity contribution in [3.05, 3.63) is 23.8 Å². The van der Waals surface area contributed by atoms with Crippen LogP contribution in [0.15, 0.2) is 18.2 Å². The van der Waals surface area contributed by atoms with Gasteiger partial charge >= 0.3 is 0 Å². The van der Waals surface area contributed by atoms with Crippen molar-refractivity contribution >= 4 is 5.91 Å². The smallest absolute Gasteiger partial charge is 0.227 e. The maximum atomic E-state index is 12.4. The fraction of sp³-hybridized carbons (Fsp3) is 0.562. The summed E-state index contributed by atoms with van der Waals surface area (Å²) in [7, 11) is 3.19. The van der Waals surface area contributed by atoms with E-state index >= 15 is 0 Å². The van der Waals surface area contributed by atoms with Gasteiger partial charge in [-0.05, 0) is 31.5 Å². The second kappa shape index (κ2) is 6.80. The SMILES string of the molecule is COc1ccc(CC(=O)N2C[C@@H](C)O[C@@H](C)C2)cc1OC. The van der Waals surface area contributed by atoms with E-state index in [0.717, 1.165) is 5.56 Å². The fourth-order valence-corrected chi connectivity index (χ4v) is 2.66. The molecule has 0 saturated carbocycles. The summed E-state index contributed by atoms with van der Waals surface area (Å²) >= 11 is 0. The van der Waals surface area contributed by atoms with Gasteiger partial charge in [-0.3, -0.25) is 4.79 Å². The van der Waals surface area contributed by atoms with Gasteiger partial charge in [-0.15, -0.1) is 0 Å². The fourth-order valence-electron chi connectivity index (χ4n) is 2.66. The quantitative estimate of drug-likeness (QED) is 0.850. The summed E-state index contributed by atoms with van der Waals surface area (Å²) in [5.74, 6) is 1.43. The highest BCUT2D eigenvalue weighted by Gasteiger charge is 2.25. The molecule has 0 aliphatic carbocycles. The Hall–Kier alpha value is -1.75. The molecular weight excluding hydrogens is 270 g/mol. The first-order chi connectivity index (χ1) is 10.0. The molecule has 1 amide bonds. The molecule has 0 spiro atoms. The molecule has 5 heteroatoms. The number of ether oxygens (including phenoxy) is 3. The van der Waals surface area contributed by atoms with E-state index in [9.17, 15) is 4.79 Å². The van der Waals surface area contributed by atoms with Crippen molar-refractivity contribution in [1.82, 2.24) is 4.90 Å². The average molecular weight is 293 g/mol. The third-order valence-electron chi connectivity index (χ3n) is 3.58. The van der Waals surface area contributed by atoms with Crippen LogP contribution in [0.4, 0.5) is 0 Å². The number of benzene rings is 1. The number of amides is 1. The highest BCUT2D eigenvalue weighted by molar-refractivity contribution is 5.79. The standard InChI is InChI=1S/C16H23NO4/c1-11-9-17(10-12(2)21-11)16(18)8-13-5-6-14(19-3)15(7-13)20-4/h5-7,11-12H,8-10H2,1-4H3/t11-,12+. The largest absolute Gasteiger partial charge is 0.493 e. The van der Waals surface area contributed by atoms with Crippen LogP contribution in [0.2, 0.25) is 0 Å². The molecule has 0 unspecified atom stereocenters. The number of hydrogen-bond donors (Lipinski definition) is 0. The van der Waals surface area contributed by atoms with E-state index in [1.165, 1.54) is 0 Å². The molecule has 1 heterocycles. The average Bonchev–Trinajstić information content (AvgIpc) is 2.46. The molecule has 0 bridgehead atoms. The maximum absolute atomic E-state index is 12.4. The molecule has 5 nitrogen and oxygen atoms in total. The Labute approximate surface area is 125 Å². The van der Waals surface area contributed by atoms with Crippen LogP contribution in [0.5, 0.6) is 11.5 Å². The predicted octanol–water partition coefficient (Wildman–Crippen LogP) is 1.88. The summed E-state index contributed by atoms with van der Waals surface area (Å²) in [4.78, 5) is 14.3. The zero-order valence-corrected chi connectivity index (χ0v) is 13.1. The zero-order chi connectivity index (χ0) is 15.4. The molecule has 1 fully saturated rings. The summed E-state index contributed by atoms with van der Waals surface area (Å²) in [6.45, 7) is 5.28. The van der Waals surface area contributed by atoms with Gasteiger partial charge in [0.15, 0.2) is 11.5 Å². The van der Waals surface area contributed by atoms with Crippen molar-refractivity contribution < 1.29 is 19.0 Å². The molecular formula is C16H23NO4. The van der Waals surface area contributed by atoms with E-state index in [2.05, 4.69) is 0 Å². The van der Waals surface area contributed by atoms with E-state index in [-0.39, 0.29) is 18.1 Å². The van der Waals surface area contributed by atoms with Crippen LogP contribution in [0.1, 0.15) is 19.4 Å². The van der Waals surface area contributed by atoms with Crippen molar-refractivity contribution in [3.8, 4) is 11.5 Å². The minimum atomic E-state index is 0.0862. The number of carbonyl (C=O) groups is 1. The Balaban J connectivity index is 2.05. The summed E-state index contributed by atoms with van der Waals surface area (Å²) in [5.41, 5.74) is 0.921. The molecule has 0 N–H and O–H groups in total. The normalized spacial score (nSPS) is 22.0. The molecule has 1 saturated heterocycles. The van der Waals surface area contributed by atoms with Gasteiger partial charge in [-0.25, -0.2) is 0 Å². The van der Waals surface area contributed by atoms with Crippen molar-refractivity contribution in [2.45, 2.75) is 32.5 Å². The van der Waals surface area contributed by atoms with E-state index in [1.807, 2.05) is 36.9 Å². The van der Waals surface area contributed by atoms with Crippen LogP contribution >= 0.6 is 0 Å². The van der Waals surface area contributed by atoms with Crippen LogP contribution < -0.4 is 9.47 Å². The highest BCUT2D eigenvalue weighted by atomic mass is 16.5. The molecule has 116 valence electrons. The highest BCUT2D eigenvalue weighted by Crippen LogP contribution is 2.28. The first kappa shape index (κ1) is 15.6. The van der Waals surface area contributed by atoms with Gasteiger partial charge in [0.1, 0.15) is 0 Å². The second-order valence-electron chi connectivity index (χ2n) is 5.42. The van der Waals surface area contributed by atoms with E-state index < -0.39 is 0 Å². The monoisotopic (exact) mass is 293 g/mol. The number of hydrogen-bond acceptors (Lipinski definition) is 4. The maximum Gasteiger partial charge on any atom is 0.227 e. The van der Waals surface area contributed by atoms with Crippen LogP contribution in [-0.4, -0.2) is 50.3 Å². The Morgan fingerprint density at radius 3 is 2.38 bits per heavy atom. The summed E-state index contributed by atoms with van der Waals surface area (Å²) < 4.78 is 16.1. The number of carbonyl (C=O) groups excluding carboxylic acids is 1. The molecule has 1 aliphatic rings. The molecule has 2 rings (SSSR count).